The number of carbonyl (C=O) groups excluding carboxylic acids is 1. The first-order chi connectivity index (χ1) is 7.66. The van der Waals surface area contributed by atoms with Crippen LogP contribution in [0.15, 0.2) is 18.2 Å². The second-order valence-electron chi connectivity index (χ2n) is 3.62. The summed E-state index contributed by atoms with van der Waals surface area (Å²) in [7, 11) is 0. The van der Waals surface area contributed by atoms with Crippen molar-refractivity contribution in [2.45, 2.75) is 18.1 Å². The molecule has 86 valence electrons. The lowest BCUT2D eigenvalue weighted by Gasteiger charge is -2.11. The van der Waals surface area contributed by atoms with E-state index in [2.05, 4.69) is 27.9 Å². The summed E-state index contributed by atoms with van der Waals surface area (Å²) in [5.41, 5.74) is 0.708. The molecule has 1 aliphatic rings. The Morgan fingerprint density at radius 1 is 1.56 bits per heavy atom. The third kappa shape index (κ3) is 3.05. The molecule has 2 rings (SSSR count). The van der Waals surface area contributed by atoms with Crippen molar-refractivity contribution < 1.29 is 4.79 Å². The maximum atomic E-state index is 11.9. The van der Waals surface area contributed by atoms with Crippen LogP contribution in [0.2, 0.25) is 5.02 Å². The smallest absolute Gasteiger partial charge is 0.237 e. The van der Waals surface area contributed by atoms with Gasteiger partial charge in [-0.05, 0) is 59.4 Å². The Morgan fingerprint density at radius 3 is 3.00 bits per heavy atom. The summed E-state index contributed by atoms with van der Waals surface area (Å²) in [6.45, 7) is 0. The molecule has 1 heterocycles. The molecule has 1 atom stereocenters. The largest absolute Gasteiger partial charge is 0.324 e. The molecule has 0 aromatic heterocycles. The summed E-state index contributed by atoms with van der Waals surface area (Å²) in [6.07, 6.45) is 2.10. The third-order valence-corrected chi connectivity index (χ3v) is 4.77. The Labute approximate surface area is 118 Å². The van der Waals surface area contributed by atoms with Gasteiger partial charge in [-0.2, -0.15) is 0 Å². The summed E-state index contributed by atoms with van der Waals surface area (Å²) < 4.78 is 1.07. The van der Waals surface area contributed by atoms with Crippen LogP contribution in [-0.2, 0) is 4.79 Å². The van der Waals surface area contributed by atoms with Gasteiger partial charge < -0.3 is 5.32 Å². The summed E-state index contributed by atoms with van der Waals surface area (Å²) >= 11 is 9.97. The van der Waals surface area contributed by atoms with E-state index in [0.29, 0.717) is 10.7 Å². The molecule has 0 bridgehead atoms. The van der Waals surface area contributed by atoms with E-state index in [1.54, 1.807) is 11.8 Å². The Hall–Kier alpha value is 0.0600. The molecule has 1 N–H and O–H groups in total. The van der Waals surface area contributed by atoms with Crippen LogP contribution in [-0.4, -0.2) is 16.9 Å². The van der Waals surface area contributed by atoms with Crippen LogP contribution in [0.4, 0.5) is 5.69 Å². The molecule has 1 fully saturated rings. The highest BCUT2D eigenvalue weighted by molar-refractivity contribution is 14.1. The Bertz CT molecular complexity index is 407. The molecular weight excluding hydrogens is 357 g/mol. The lowest BCUT2D eigenvalue weighted by atomic mass is 10.2. The third-order valence-electron chi connectivity index (χ3n) is 2.41. The fourth-order valence-electron chi connectivity index (χ4n) is 1.59. The van der Waals surface area contributed by atoms with Crippen LogP contribution >= 0.6 is 46.0 Å². The minimum Gasteiger partial charge on any atom is -0.324 e. The lowest BCUT2D eigenvalue weighted by Crippen LogP contribution is -2.23. The van der Waals surface area contributed by atoms with Gasteiger partial charge in [-0.25, -0.2) is 0 Å². The number of thioether (sulfide) groups is 1. The molecular formula is C11H11ClINOS. The lowest BCUT2D eigenvalue weighted by molar-refractivity contribution is -0.115. The minimum atomic E-state index is 0.0746. The van der Waals surface area contributed by atoms with E-state index in [9.17, 15) is 4.79 Å². The monoisotopic (exact) mass is 367 g/mol. The van der Waals surface area contributed by atoms with Crippen LogP contribution in [0, 0.1) is 3.57 Å². The molecule has 1 amide bonds. The number of halogens is 2. The van der Waals surface area contributed by atoms with Crippen LogP contribution < -0.4 is 5.32 Å². The van der Waals surface area contributed by atoms with Gasteiger partial charge in [0.2, 0.25) is 5.91 Å². The Balaban J connectivity index is 2.05. The number of hydrogen-bond donors (Lipinski definition) is 1. The molecule has 5 heteroatoms. The van der Waals surface area contributed by atoms with Crippen molar-refractivity contribution in [2.24, 2.45) is 0 Å². The molecule has 0 aliphatic carbocycles. The standard InChI is InChI=1S/C11H11ClINOS/c12-8-6-7(13)3-4-9(8)14-11(15)10-2-1-5-16-10/h3-4,6,10H,1-2,5H2,(H,14,15). The molecule has 0 saturated carbocycles. The van der Waals surface area contributed by atoms with Gasteiger partial charge in [0, 0.05) is 3.57 Å². The molecule has 0 radical (unpaired) electrons. The van der Waals surface area contributed by atoms with Gasteiger partial charge in [-0.15, -0.1) is 11.8 Å². The van der Waals surface area contributed by atoms with Crippen molar-refractivity contribution >= 4 is 57.5 Å². The predicted octanol–water partition coefficient (Wildman–Crippen LogP) is 3.78. The molecule has 1 unspecified atom stereocenters. The summed E-state index contributed by atoms with van der Waals surface area (Å²) in [6, 6.07) is 5.63. The fourth-order valence-corrected chi connectivity index (χ4v) is 3.65. The van der Waals surface area contributed by atoms with Gasteiger partial charge in [0.1, 0.15) is 0 Å². The van der Waals surface area contributed by atoms with Crippen molar-refractivity contribution in [3.05, 3.63) is 26.8 Å². The number of nitrogens with one attached hydrogen (secondary N) is 1. The second-order valence-corrected chi connectivity index (χ2v) is 6.58. The SMILES string of the molecule is O=C(Nc1ccc(I)cc1Cl)C1CCCS1. The van der Waals surface area contributed by atoms with Crippen molar-refractivity contribution in [1.29, 1.82) is 0 Å². The van der Waals surface area contributed by atoms with E-state index in [-0.39, 0.29) is 11.2 Å². The first-order valence-electron chi connectivity index (χ1n) is 5.04. The fraction of sp³-hybridized carbons (Fsp3) is 0.364. The van der Waals surface area contributed by atoms with E-state index in [4.69, 9.17) is 11.6 Å². The highest BCUT2D eigenvalue weighted by atomic mass is 127. The van der Waals surface area contributed by atoms with E-state index < -0.39 is 0 Å². The number of rotatable bonds is 2. The topological polar surface area (TPSA) is 29.1 Å². The van der Waals surface area contributed by atoms with E-state index >= 15 is 0 Å². The molecule has 2 nitrogen and oxygen atoms in total. The van der Waals surface area contributed by atoms with Gasteiger partial charge in [0.15, 0.2) is 0 Å². The molecule has 1 aromatic carbocycles. The van der Waals surface area contributed by atoms with E-state index in [1.807, 2.05) is 18.2 Å². The average Bonchev–Trinajstić information content (AvgIpc) is 2.75. The number of hydrogen-bond acceptors (Lipinski definition) is 2. The van der Waals surface area contributed by atoms with Gasteiger partial charge >= 0.3 is 0 Å². The maximum Gasteiger partial charge on any atom is 0.237 e. The zero-order chi connectivity index (χ0) is 11.5. The maximum absolute atomic E-state index is 11.9. The molecule has 0 spiro atoms. The van der Waals surface area contributed by atoms with Gasteiger partial charge in [0.05, 0.1) is 16.0 Å². The van der Waals surface area contributed by atoms with Crippen molar-refractivity contribution in [2.75, 3.05) is 11.1 Å². The quantitative estimate of drug-likeness (QED) is 0.806. The molecule has 1 saturated heterocycles. The number of amides is 1. The summed E-state index contributed by atoms with van der Waals surface area (Å²) in [4.78, 5) is 11.9. The second kappa shape index (κ2) is 5.60. The van der Waals surface area contributed by atoms with Crippen molar-refractivity contribution in [3.8, 4) is 0 Å². The predicted molar refractivity (Wildman–Crippen MR) is 78.3 cm³/mol. The first kappa shape index (κ1) is 12.5. The highest BCUT2D eigenvalue weighted by Crippen LogP contribution is 2.29. The normalized spacial score (nSPS) is 19.8. The minimum absolute atomic E-state index is 0.0746. The van der Waals surface area contributed by atoms with Gasteiger partial charge in [-0.3, -0.25) is 4.79 Å². The summed E-state index contributed by atoms with van der Waals surface area (Å²) in [5, 5.41) is 3.58. The average molecular weight is 368 g/mol. The van der Waals surface area contributed by atoms with Crippen LogP contribution in [0.3, 0.4) is 0 Å². The van der Waals surface area contributed by atoms with Crippen LogP contribution in [0.25, 0.3) is 0 Å². The Morgan fingerprint density at radius 2 is 2.38 bits per heavy atom. The first-order valence-corrected chi connectivity index (χ1v) is 7.55. The molecule has 16 heavy (non-hydrogen) atoms. The van der Waals surface area contributed by atoms with E-state index in [1.165, 1.54) is 0 Å². The molecule has 1 aromatic rings. The zero-order valence-electron chi connectivity index (χ0n) is 8.50. The van der Waals surface area contributed by atoms with Gasteiger partial charge in [0.25, 0.3) is 0 Å². The number of benzene rings is 1. The molecule has 1 aliphatic heterocycles. The number of anilines is 1. The van der Waals surface area contributed by atoms with Crippen molar-refractivity contribution in [1.82, 2.24) is 0 Å². The van der Waals surface area contributed by atoms with E-state index in [0.717, 1.165) is 22.2 Å². The number of carbonyl (C=O) groups is 1. The zero-order valence-corrected chi connectivity index (χ0v) is 12.2. The van der Waals surface area contributed by atoms with Crippen LogP contribution in [0.1, 0.15) is 12.8 Å². The summed E-state index contributed by atoms with van der Waals surface area (Å²) in [5.74, 6) is 1.16. The highest BCUT2D eigenvalue weighted by Gasteiger charge is 2.23. The van der Waals surface area contributed by atoms with Gasteiger partial charge in [-0.1, -0.05) is 11.6 Å². The van der Waals surface area contributed by atoms with Crippen molar-refractivity contribution in [3.63, 3.8) is 0 Å². The van der Waals surface area contributed by atoms with Crippen LogP contribution in [0.5, 0.6) is 0 Å². The Kier molecular flexibility index (Phi) is 4.38.